The van der Waals surface area contributed by atoms with Crippen LogP contribution in [0.15, 0.2) is 41.3 Å². The molecule has 78 valence electrons. The molecule has 0 unspecified atom stereocenters. The number of hydrogen-bond donors (Lipinski definition) is 1. The van der Waals surface area contributed by atoms with Crippen LogP contribution in [0.3, 0.4) is 0 Å². The Balaban J connectivity index is 1.86. The molecule has 2 aromatic rings. The van der Waals surface area contributed by atoms with E-state index in [0.717, 1.165) is 12.3 Å². The van der Waals surface area contributed by atoms with Crippen molar-refractivity contribution in [2.24, 2.45) is 0 Å². The summed E-state index contributed by atoms with van der Waals surface area (Å²) in [5.41, 5.74) is 2.62. The molecule has 0 fully saturated rings. The highest BCUT2D eigenvalue weighted by atomic mass is 16.3. The molecule has 0 aliphatic rings. The lowest BCUT2D eigenvalue weighted by Gasteiger charge is -2.05. The van der Waals surface area contributed by atoms with E-state index < -0.39 is 0 Å². The Morgan fingerprint density at radius 3 is 2.87 bits per heavy atom. The number of nitrogens with zero attached hydrogens (tertiary/aromatic N) is 1. The van der Waals surface area contributed by atoms with Gasteiger partial charge < -0.3 is 9.73 Å². The summed E-state index contributed by atoms with van der Waals surface area (Å²) < 4.78 is 5.13. The molecule has 1 N–H and O–H groups in total. The molecule has 0 saturated heterocycles. The first-order chi connectivity index (χ1) is 7.36. The largest absolute Gasteiger partial charge is 0.447 e. The van der Waals surface area contributed by atoms with E-state index in [2.05, 4.69) is 41.5 Å². The van der Waals surface area contributed by atoms with Crippen molar-refractivity contribution in [3.8, 4) is 0 Å². The van der Waals surface area contributed by atoms with Crippen molar-refractivity contribution < 1.29 is 4.42 Å². The molecule has 1 aromatic carbocycles. The standard InChI is InChI=1S/C12H14N2O/c1-10-4-2-3-5-11(10)6-13-7-12-8-14-9-15-12/h2-5,8-9,13H,6-7H2,1H3. The first kappa shape index (κ1) is 9.93. The average Bonchev–Trinajstić information content (AvgIpc) is 2.74. The predicted octanol–water partition coefficient (Wildman–Crippen LogP) is 2.27. The van der Waals surface area contributed by atoms with E-state index in [9.17, 15) is 0 Å². The van der Waals surface area contributed by atoms with Crippen LogP contribution >= 0.6 is 0 Å². The molecule has 0 saturated carbocycles. The van der Waals surface area contributed by atoms with E-state index in [0.29, 0.717) is 6.54 Å². The summed E-state index contributed by atoms with van der Waals surface area (Å²) in [5.74, 6) is 0.864. The van der Waals surface area contributed by atoms with Crippen LogP contribution in [0.1, 0.15) is 16.9 Å². The normalized spacial score (nSPS) is 10.5. The zero-order valence-electron chi connectivity index (χ0n) is 8.73. The second-order valence-electron chi connectivity index (χ2n) is 3.50. The number of benzene rings is 1. The van der Waals surface area contributed by atoms with Crippen LogP contribution in [0.25, 0.3) is 0 Å². The molecule has 0 aliphatic heterocycles. The van der Waals surface area contributed by atoms with E-state index in [1.807, 2.05) is 0 Å². The summed E-state index contributed by atoms with van der Waals surface area (Å²) in [6.45, 7) is 3.69. The second-order valence-corrected chi connectivity index (χ2v) is 3.50. The van der Waals surface area contributed by atoms with Gasteiger partial charge in [-0.25, -0.2) is 4.98 Å². The Kier molecular flexibility index (Phi) is 3.15. The lowest BCUT2D eigenvalue weighted by molar-refractivity contribution is 0.479. The summed E-state index contributed by atoms with van der Waals surface area (Å²) in [6, 6.07) is 8.35. The molecule has 3 nitrogen and oxygen atoms in total. The van der Waals surface area contributed by atoms with Gasteiger partial charge in [-0.05, 0) is 18.1 Å². The predicted molar refractivity (Wildman–Crippen MR) is 58.2 cm³/mol. The SMILES string of the molecule is Cc1ccccc1CNCc1cnco1. The fraction of sp³-hybridized carbons (Fsp3) is 0.250. The summed E-state index contributed by atoms with van der Waals surface area (Å²) in [7, 11) is 0. The van der Waals surface area contributed by atoms with Crippen LogP contribution in [0.4, 0.5) is 0 Å². The molecule has 3 heteroatoms. The fourth-order valence-corrected chi connectivity index (χ4v) is 1.46. The number of aromatic nitrogens is 1. The molecule has 0 spiro atoms. The Morgan fingerprint density at radius 2 is 2.13 bits per heavy atom. The minimum atomic E-state index is 0.717. The summed E-state index contributed by atoms with van der Waals surface area (Å²) in [6.07, 6.45) is 3.18. The highest BCUT2D eigenvalue weighted by molar-refractivity contribution is 5.25. The quantitative estimate of drug-likeness (QED) is 0.826. The molecule has 0 aliphatic carbocycles. The van der Waals surface area contributed by atoms with Crippen molar-refractivity contribution >= 4 is 0 Å². The molecule has 0 atom stereocenters. The third kappa shape index (κ3) is 2.67. The van der Waals surface area contributed by atoms with Gasteiger partial charge >= 0.3 is 0 Å². The van der Waals surface area contributed by atoms with Crippen LogP contribution in [0.2, 0.25) is 0 Å². The van der Waals surface area contributed by atoms with Crippen molar-refractivity contribution in [2.75, 3.05) is 0 Å². The minimum Gasteiger partial charge on any atom is -0.447 e. The highest BCUT2D eigenvalue weighted by Crippen LogP contribution is 2.06. The van der Waals surface area contributed by atoms with Crippen LogP contribution in [-0.2, 0) is 13.1 Å². The number of hydrogen-bond acceptors (Lipinski definition) is 3. The summed E-state index contributed by atoms with van der Waals surface area (Å²) >= 11 is 0. The summed E-state index contributed by atoms with van der Waals surface area (Å²) in [4.78, 5) is 3.86. The minimum absolute atomic E-state index is 0.717. The molecule has 0 radical (unpaired) electrons. The van der Waals surface area contributed by atoms with Crippen LogP contribution in [0.5, 0.6) is 0 Å². The maximum atomic E-state index is 5.13. The number of oxazole rings is 1. The number of rotatable bonds is 4. The van der Waals surface area contributed by atoms with Gasteiger partial charge in [0.25, 0.3) is 0 Å². The Labute approximate surface area is 89.1 Å². The summed E-state index contributed by atoms with van der Waals surface area (Å²) in [5, 5.41) is 3.31. The van der Waals surface area contributed by atoms with E-state index in [1.165, 1.54) is 17.5 Å². The molecular weight excluding hydrogens is 188 g/mol. The monoisotopic (exact) mass is 202 g/mol. The third-order valence-electron chi connectivity index (χ3n) is 2.36. The van der Waals surface area contributed by atoms with Crippen molar-refractivity contribution in [2.45, 2.75) is 20.0 Å². The maximum Gasteiger partial charge on any atom is 0.180 e. The number of nitrogens with one attached hydrogen (secondary N) is 1. The van der Waals surface area contributed by atoms with E-state index in [4.69, 9.17) is 4.42 Å². The number of aryl methyl sites for hydroxylation is 1. The van der Waals surface area contributed by atoms with E-state index in [-0.39, 0.29) is 0 Å². The van der Waals surface area contributed by atoms with E-state index >= 15 is 0 Å². The second kappa shape index (κ2) is 4.75. The molecule has 2 rings (SSSR count). The fourth-order valence-electron chi connectivity index (χ4n) is 1.46. The Bertz CT molecular complexity index is 409. The highest BCUT2D eigenvalue weighted by Gasteiger charge is 1.98. The van der Waals surface area contributed by atoms with Crippen molar-refractivity contribution in [1.29, 1.82) is 0 Å². The lowest BCUT2D eigenvalue weighted by Crippen LogP contribution is -2.12. The first-order valence-corrected chi connectivity index (χ1v) is 4.99. The van der Waals surface area contributed by atoms with Gasteiger partial charge in [0.2, 0.25) is 0 Å². The van der Waals surface area contributed by atoms with Crippen LogP contribution in [0, 0.1) is 6.92 Å². The van der Waals surface area contributed by atoms with Gasteiger partial charge in [0.1, 0.15) is 5.76 Å². The smallest absolute Gasteiger partial charge is 0.180 e. The maximum absolute atomic E-state index is 5.13. The van der Waals surface area contributed by atoms with Gasteiger partial charge in [-0.1, -0.05) is 24.3 Å². The van der Waals surface area contributed by atoms with Crippen LogP contribution < -0.4 is 5.32 Å². The lowest BCUT2D eigenvalue weighted by atomic mass is 10.1. The molecule has 1 heterocycles. The molecular formula is C12H14N2O. The Hall–Kier alpha value is -1.61. The van der Waals surface area contributed by atoms with Gasteiger partial charge in [0.15, 0.2) is 6.39 Å². The third-order valence-corrected chi connectivity index (χ3v) is 2.36. The van der Waals surface area contributed by atoms with Crippen molar-refractivity contribution in [3.05, 3.63) is 53.7 Å². The van der Waals surface area contributed by atoms with Crippen molar-refractivity contribution in [3.63, 3.8) is 0 Å². The van der Waals surface area contributed by atoms with Gasteiger partial charge in [-0.3, -0.25) is 0 Å². The van der Waals surface area contributed by atoms with Gasteiger partial charge in [-0.2, -0.15) is 0 Å². The van der Waals surface area contributed by atoms with Gasteiger partial charge in [0, 0.05) is 6.54 Å². The Morgan fingerprint density at radius 1 is 1.27 bits per heavy atom. The average molecular weight is 202 g/mol. The molecule has 0 bridgehead atoms. The topological polar surface area (TPSA) is 38.1 Å². The zero-order chi connectivity index (χ0) is 10.5. The van der Waals surface area contributed by atoms with Gasteiger partial charge in [-0.15, -0.1) is 0 Å². The zero-order valence-corrected chi connectivity index (χ0v) is 8.73. The molecule has 15 heavy (non-hydrogen) atoms. The molecule has 0 amide bonds. The van der Waals surface area contributed by atoms with Crippen LogP contribution in [-0.4, -0.2) is 4.98 Å². The molecule has 1 aromatic heterocycles. The van der Waals surface area contributed by atoms with Crippen molar-refractivity contribution in [1.82, 2.24) is 10.3 Å². The van der Waals surface area contributed by atoms with Gasteiger partial charge in [0.05, 0.1) is 12.7 Å². The van der Waals surface area contributed by atoms with E-state index in [1.54, 1.807) is 6.20 Å². The first-order valence-electron chi connectivity index (χ1n) is 4.99.